The lowest BCUT2D eigenvalue weighted by Gasteiger charge is -2.31. The summed E-state index contributed by atoms with van der Waals surface area (Å²) >= 11 is 0. The normalized spacial score (nSPS) is 20.5. The summed E-state index contributed by atoms with van der Waals surface area (Å²) in [4.78, 5) is 16.4. The number of phenols is 1. The highest BCUT2D eigenvalue weighted by atomic mass is 19.4. The fourth-order valence-electron chi connectivity index (χ4n) is 2.53. The molecule has 2 N–H and O–H groups in total. The van der Waals surface area contributed by atoms with Crippen LogP contribution in [-0.4, -0.2) is 38.0 Å². The van der Waals surface area contributed by atoms with Gasteiger partial charge in [0.15, 0.2) is 5.72 Å². The first kappa shape index (κ1) is 16.9. The number of hydrogen-bond donors (Lipinski definition) is 2. The zero-order valence-electron chi connectivity index (χ0n) is 12.6. The smallest absolute Gasteiger partial charge is 0.431 e. The van der Waals surface area contributed by atoms with Crippen molar-refractivity contribution >= 4 is 11.6 Å². The van der Waals surface area contributed by atoms with E-state index in [2.05, 4.69) is 10.1 Å². The number of phenolic OH excluding ortho intramolecular Hbond substituents is 1. The van der Waals surface area contributed by atoms with Gasteiger partial charge in [-0.2, -0.15) is 23.3 Å². The van der Waals surface area contributed by atoms with Crippen LogP contribution < -0.4 is 0 Å². The maximum Gasteiger partial charge on any atom is 0.431 e. The molecular weight excluding hydrogens is 339 g/mol. The molecule has 0 saturated heterocycles. The fourth-order valence-corrected chi connectivity index (χ4v) is 2.53. The first-order valence-electron chi connectivity index (χ1n) is 7.13. The van der Waals surface area contributed by atoms with Gasteiger partial charge in [0, 0.05) is 18.0 Å². The molecule has 1 aromatic carbocycles. The summed E-state index contributed by atoms with van der Waals surface area (Å²) in [6.07, 6.45) is -3.18. The Bertz CT molecular complexity index is 839. The monoisotopic (exact) mass is 351 g/mol. The number of nitrogens with zero attached hydrogens (tertiary/aromatic N) is 3. The highest BCUT2D eigenvalue weighted by molar-refractivity contribution is 6.01. The number of carbonyl (C=O) groups excluding carboxylic acids is 1. The van der Waals surface area contributed by atoms with Crippen LogP contribution in [-0.2, 0) is 5.72 Å². The van der Waals surface area contributed by atoms with Crippen LogP contribution in [0.15, 0.2) is 53.9 Å². The molecule has 0 radical (unpaired) electrons. The van der Waals surface area contributed by atoms with Crippen molar-refractivity contribution in [2.24, 2.45) is 5.10 Å². The van der Waals surface area contributed by atoms with Crippen molar-refractivity contribution in [3.05, 3.63) is 59.9 Å². The van der Waals surface area contributed by atoms with Gasteiger partial charge in [-0.3, -0.25) is 9.78 Å². The van der Waals surface area contributed by atoms with E-state index in [0.717, 1.165) is 0 Å². The Labute approximate surface area is 139 Å². The summed E-state index contributed by atoms with van der Waals surface area (Å²) in [5, 5.41) is 24.3. The van der Waals surface area contributed by atoms with Crippen molar-refractivity contribution in [2.45, 2.75) is 18.3 Å². The Morgan fingerprint density at radius 1 is 1.16 bits per heavy atom. The standard InChI is InChI=1S/C16H12F3N3O3/c17-16(18,19)13-9-15(25,10-5-7-20-8-6-10)22(21-13)14(24)11-3-1-2-4-12(11)23/h1-8,23,25H,9H2/t15-/m1/s1. The highest BCUT2D eigenvalue weighted by Gasteiger charge is 2.53. The van der Waals surface area contributed by atoms with Crippen LogP contribution in [0.4, 0.5) is 13.2 Å². The lowest BCUT2D eigenvalue weighted by atomic mass is 9.97. The number of aliphatic hydroxyl groups is 1. The van der Waals surface area contributed by atoms with Crippen LogP contribution in [0.25, 0.3) is 0 Å². The molecule has 1 amide bonds. The van der Waals surface area contributed by atoms with E-state index in [1.165, 1.54) is 48.8 Å². The first-order chi connectivity index (χ1) is 11.7. The summed E-state index contributed by atoms with van der Waals surface area (Å²) in [5.74, 6) is -1.49. The van der Waals surface area contributed by atoms with Gasteiger partial charge in [0.05, 0.1) is 12.0 Å². The zero-order chi connectivity index (χ0) is 18.2. The van der Waals surface area contributed by atoms with Crippen LogP contribution in [0, 0.1) is 0 Å². The Hall–Kier alpha value is -2.94. The average molecular weight is 351 g/mol. The van der Waals surface area contributed by atoms with E-state index in [1.54, 1.807) is 0 Å². The molecule has 0 fully saturated rings. The van der Waals surface area contributed by atoms with Gasteiger partial charge >= 0.3 is 6.18 Å². The third-order valence-electron chi connectivity index (χ3n) is 3.78. The molecule has 1 atom stereocenters. The minimum Gasteiger partial charge on any atom is -0.507 e. The molecule has 130 valence electrons. The summed E-state index contributed by atoms with van der Waals surface area (Å²) in [6, 6.07) is 7.91. The second kappa shape index (κ2) is 5.85. The van der Waals surface area contributed by atoms with Crippen molar-refractivity contribution in [3.8, 4) is 5.75 Å². The van der Waals surface area contributed by atoms with Crippen molar-refractivity contribution in [3.63, 3.8) is 0 Å². The summed E-state index contributed by atoms with van der Waals surface area (Å²) in [6.45, 7) is 0. The molecule has 0 unspecified atom stereocenters. The summed E-state index contributed by atoms with van der Waals surface area (Å²) in [5.41, 5.74) is -3.89. The van der Waals surface area contributed by atoms with Gasteiger partial charge in [-0.25, -0.2) is 0 Å². The first-order valence-corrected chi connectivity index (χ1v) is 7.13. The molecule has 1 aromatic heterocycles. The SMILES string of the molecule is O=C(c1ccccc1O)N1N=C(C(F)(F)F)C[C@@]1(O)c1ccncc1. The maximum absolute atomic E-state index is 13.1. The molecule has 2 heterocycles. The number of hydrazone groups is 1. The lowest BCUT2D eigenvalue weighted by molar-refractivity contribution is -0.0817. The number of carbonyl (C=O) groups is 1. The minimum atomic E-state index is -4.81. The predicted molar refractivity (Wildman–Crippen MR) is 80.5 cm³/mol. The number of aromatic nitrogens is 1. The average Bonchev–Trinajstić information content (AvgIpc) is 2.95. The van der Waals surface area contributed by atoms with E-state index < -0.39 is 35.7 Å². The van der Waals surface area contributed by atoms with Crippen molar-refractivity contribution < 1.29 is 28.2 Å². The van der Waals surface area contributed by atoms with E-state index in [4.69, 9.17) is 0 Å². The Morgan fingerprint density at radius 2 is 1.80 bits per heavy atom. The second-order valence-electron chi connectivity index (χ2n) is 5.41. The topological polar surface area (TPSA) is 86.0 Å². The number of amides is 1. The Balaban J connectivity index is 2.10. The fraction of sp³-hybridized carbons (Fsp3) is 0.188. The molecule has 0 spiro atoms. The number of benzene rings is 1. The van der Waals surface area contributed by atoms with Crippen molar-refractivity contribution in [2.75, 3.05) is 0 Å². The van der Waals surface area contributed by atoms with Gasteiger partial charge in [0.25, 0.3) is 5.91 Å². The van der Waals surface area contributed by atoms with E-state index in [0.29, 0.717) is 5.01 Å². The molecule has 9 heteroatoms. The zero-order valence-corrected chi connectivity index (χ0v) is 12.6. The summed E-state index contributed by atoms with van der Waals surface area (Å²) < 4.78 is 39.3. The molecule has 0 aliphatic carbocycles. The minimum absolute atomic E-state index is 0.0225. The van der Waals surface area contributed by atoms with Crippen molar-refractivity contribution in [1.82, 2.24) is 9.99 Å². The van der Waals surface area contributed by atoms with Gasteiger partial charge in [-0.05, 0) is 24.3 Å². The number of hydrogen-bond acceptors (Lipinski definition) is 5. The number of halogens is 3. The predicted octanol–water partition coefficient (Wildman–Crippen LogP) is 2.40. The van der Waals surface area contributed by atoms with E-state index >= 15 is 0 Å². The van der Waals surface area contributed by atoms with Crippen LogP contribution in [0.1, 0.15) is 22.3 Å². The van der Waals surface area contributed by atoms with E-state index in [-0.39, 0.29) is 11.1 Å². The Morgan fingerprint density at radius 3 is 2.40 bits per heavy atom. The summed E-state index contributed by atoms with van der Waals surface area (Å²) in [7, 11) is 0. The maximum atomic E-state index is 13.1. The number of para-hydroxylation sites is 1. The molecule has 3 rings (SSSR count). The van der Waals surface area contributed by atoms with Crippen LogP contribution in [0.3, 0.4) is 0 Å². The number of pyridine rings is 1. The molecule has 6 nitrogen and oxygen atoms in total. The third-order valence-corrected chi connectivity index (χ3v) is 3.78. The molecular formula is C16H12F3N3O3. The molecule has 2 aromatic rings. The number of alkyl halides is 3. The van der Waals surface area contributed by atoms with Crippen LogP contribution >= 0.6 is 0 Å². The van der Waals surface area contributed by atoms with Gasteiger partial charge in [-0.15, -0.1) is 0 Å². The number of rotatable bonds is 2. The van der Waals surface area contributed by atoms with Gasteiger partial charge < -0.3 is 10.2 Å². The van der Waals surface area contributed by atoms with Crippen LogP contribution in [0.5, 0.6) is 5.75 Å². The highest BCUT2D eigenvalue weighted by Crippen LogP contribution is 2.40. The van der Waals surface area contributed by atoms with E-state index in [9.17, 15) is 28.2 Å². The van der Waals surface area contributed by atoms with Gasteiger partial charge in [0.2, 0.25) is 0 Å². The van der Waals surface area contributed by atoms with Crippen molar-refractivity contribution in [1.29, 1.82) is 0 Å². The Kier molecular flexibility index (Phi) is 3.96. The molecule has 0 bridgehead atoms. The third kappa shape index (κ3) is 2.93. The molecule has 1 aliphatic heterocycles. The van der Waals surface area contributed by atoms with Gasteiger partial charge in [-0.1, -0.05) is 12.1 Å². The largest absolute Gasteiger partial charge is 0.507 e. The second-order valence-corrected chi connectivity index (χ2v) is 5.41. The molecule has 1 aliphatic rings. The van der Waals surface area contributed by atoms with E-state index in [1.807, 2.05) is 0 Å². The lowest BCUT2D eigenvalue weighted by Crippen LogP contribution is -2.43. The quantitative estimate of drug-likeness (QED) is 0.870. The van der Waals surface area contributed by atoms with Crippen LogP contribution in [0.2, 0.25) is 0 Å². The van der Waals surface area contributed by atoms with Gasteiger partial charge in [0.1, 0.15) is 11.5 Å². The molecule has 25 heavy (non-hydrogen) atoms. The number of aromatic hydroxyl groups is 1. The molecule has 0 saturated carbocycles.